The summed E-state index contributed by atoms with van der Waals surface area (Å²) in [5.74, 6) is -1.61. The number of hydrogen-bond acceptors (Lipinski definition) is 6. The number of ketones is 1. The fraction of sp³-hybridized carbons (Fsp3) is 0.348. The van der Waals surface area contributed by atoms with Crippen molar-refractivity contribution in [3.05, 3.63) is 57.3 Å². The number of carbonyl (C=O) groups is 2. The van der Waals surface area contributed by atoms with Gasteiger partial charge in [-0.2, -0.15) is 0 Å². The average molecular weight is 477 g/mol. The first kappa shape index (κ1) is 22.4. The van der Waals surface area contributed by atoms with Crippen molar-refractivity contribution in [2.24, 2.45) is 0 Å². The molecule has 4 rings (SSSR count). The first-order valence-electron chi connectivity index (χ1n) is 10.2. The standard InChI is InChI=1S/C23H22Cl2N2O5/c1-31-21-13(11-14(24)22(32-2)17(21)25)19(28)16-18(15-9-5-6-10-26-15)27(23(30)20(16)29)12-7-3-4-8-12/h5-6,9-12,18,28H,3-4,7-8H2,1-2H3/b19-16+. The van der Waals surface area contributed by atoms with E-state index in [9.17, 15) is 14.7 Å². The summed E-state index contributed by atoms with van der Waals surface area (Å²) < 4.78 is 10.6. The molecule has 1 amide bonds. The maximum absolute atomic E-state index is 13.2. The highest BCUT2D eigenvalue weighted by Crippen LogP contribution is 2.48. The first-order chi connectivity index (χ1) is 15.4. The Morgan fingerprint density at radius 3 is 2.41 bits per heavy atom. The predicted molar refractivity (Wildman–Crippen MR) is 120 cm³/mol. The van der Waals surface area contributed by atoms with Crippen molar-refractivity contribution in [3.63, 3.8) is 0 Å². The second-order valence-corrected chi connectivity index (χ2v) is 8.47. The van der Waals surface area contributed by atoms with E-state index in [0.29, 0.717) is 5.69 Å². The number of carbonyl (C=O) groups excluding carboxylic acids is 2. The third kappa shape index (κ3) is 3.59. The van der Waals surface area contributed by atoms with Gasteiger partial charge in [0, 0.05) is 12.2 Å². The van der Waals surface area contributed by atoms with Crippen molar-refractivity contribution in [3.8, 4) is 11.5 Å². The summed E-state index contributed by atoms with van der Waals surface area (Å²) in [6, 6.07) is 5.73. The molecule has 1 N–H and O–H groups in total. The summed E-state index contributed by atoms with van der Waals surface area (Å²) in [4.78, 5) is 32.3. The summed E-state index contributed by atoms with van der Waals surface area (Å²) in [6.07, 6.45) is 5.12. The molecule has 0 radical (unpaired) electrons. The number of aliphatic hydroxyl groups excluding tert-OH is 1. The fourth-order valence-electron chi connectivity index (χ4n) is 4.53. The number of methoxy groups -OCH3 is 2. The molecular formula is C23H22Cl2N2O5. The lowest BCUT2D eigenvalue weighted by atomic mass is 9.97. The second kappa shape index (κ2) is 9.00. The van der Waals surface area contributed by atoms with Gasteiger partial charge in [-0.25, -0.2) is 0 Å². The Kier molecular flexibility index (Phi) is 6.31. The lowest BCUT2D eigenvalue weighted by Crippen LogP contribution is -2.37. The lowest BCUT2D eigenvalue weighted by Gasteiger charge is -2.30. The van der Waals surface area contributed by atoms with Crippen LogP contribution in [0.4, 0.5) is 0 Å². The lowest BCUT2D eigenvalue weighted by molar-refractivity contribution is -0.141. The number of benzene rings is 1. The van der Waals surface area contributed by atoms with Gasteiger partial charge in [0.05, 0.1) is 36.1 Å². The minimum Gasteiger partial charge on any atom is -0.507 e. The molecule has 2 fully saturated rings. The molecule has 7 nitrogen and oxygen atoms in total. The van der Waals surface area contributed by atoms with Crippen LogP contribution in [0.1, 0.15) is 43.0 Å². The van der Waals surface area contributed by atoms with Crippen LogP contribution < -0.4 is 9.47 Å². The van der Waals surface area contributed by atoms with E-state index in [1.165, 1.54) is 20.3 Å². The zero-order valence-corrected chi connectivity index (χ0v) is 19.1. The van der Waals surface area contributed by atoms with Gasteiger partial charge in [-0.1, -0.05) is 42.1 Å². The van der Waals surface area contributed by atoms with Gasteiger partial charge >= 0.3 is 0 Å². The van der Waals surface area contributed by atoms with Crippen LogP contribution in [-0.4, -0.2) is 46.9 Å². The molecule has 1 unspecified atom stereocenters. The van der Waals surface area contributed by atoms with Crippen LogP contribution in [0, 0.1) is 0 Å². The predicted octanol–water partition coefficient (Wildman–Crippen LogP) is 4.77. The van der Waals surface area contributed by atoms with Crippen LogP contribution >= 0.6 is 23.2 Å². The molecule has 1 atom stereocenters. The second-order valence-electron chi connectivity index (χ2n) is 7.69. The molecule has 32 heavy (non-hydrogen) atoms. The Morgan fingerprint density at radius 2 is 1.81 bits per heavy atom. The van der Waals surface area contributed by atoms with Gasteiger partial charge in [0.1, 0.15) is 16.8 Å². The number of ether oxygens (including phenoxy) is 2. The van der Waals surface area contributed by atoms with Crippen LogP contribution in [0.5, 0.6) is 11.5 Å². The van der Waals surface area contributed by atoms with Crippen LogP contribution in [-0.2, 0) is 9.59 Å². The monoisotopic (exact) mass is 476 g/mol. The number of nitrogens with zero attached hydrogens (tertiary/aromatic N) is 2. The van der Waals surface area contributed by atoms with Crippen LogP contribution in [0.15, 0.2) is 36.0 Å². The fourth-order valence-corrected chi connectivity index (χ4v) is 5.22. The van der Waals surface area contributed by atoms with E-state index in [-0.39, 0.29) is 38.7 Å². The molecule has 1 aromatic heterocycles. The molecular weight excluding hydrogens is 455 g/mol. The molecule has 2 aromatic rings. The van der Waals surface area contributed by atoms with Gasteiger partial charge in [-0.05, 0) is 31.0 Å². The van der Waals surface area contributed by atoms with Gasteiger partial charge in [0.15, 0.2) is 11.5 Å². The van der Waals surface area contributed by atoms with E-state index >= 15 is 0 Å². The summed E-state index contributed by atoms with van der Waals surface area (Å²) >= 11 is 12.7. The number of aliphatic hydroxyl groups is 1. The van der Waals surface area contributed by atoms with Crippen molar-refractivity contribution in [1.82, 2.24) is 9.88 Å². The van der Waals surface area contributed by atoms with Gasteiger partial charge in [-0.3, -0.25) is 14.6 Å². The summed E-state index contributed by atoms with van der Waals surface area (Å²) in [7, 11) is 2.78. The normalized spacial score (nSPS) is 20.8. The molecule has 1 aliphatic carbocycles. The summed E-state index contributed by atoms with van der Waals surface area (Å²) in [5.41, 5.74) is 0.509. The largest absolute Gasteiger partial charge is 0.507 e. The molecule has 2 aliphatic rings. The number of hydrogen-bond donors (Lipinski definition) is 1. The smallest absolute Gasteiger partial charge is 0.295 e. The zero-order chi connectivity index (χ0) is 23.0. The average Bonchev–Trinajstić information content (AvgIpc) is 3.41. The topological polar surface area (TPSA) is 89.0 Å². The molecule has 0 bridgehead atoms. The van der Waals surface area contributed by atoms with E-state index in [4.69, 9.17) is 32.7 Å². The highest BCUT2D eigenvalue weighted by Gasteiger charge is 2.50. The number of pyridine rings is 1. The molecule has 1 saturated heterocycles. The van der Waals surface area contributed by atoms with Crippen molar-refractivity contribution in [2.75, 3.05) is 14.2 Å². The van der Waals surface area contributed by atoms with Gasteiger partial charge in [0.2, 0.25) is 0 Å². The van der Waals surface area contributed by atoms with E-state index in [0.717, 1.165) is 25.7 Å². The number of halogens is 2. The van der Waals surface area contributed by atoms with Gasteiger partial charge < -0.3 is 19.5 Å². The SMILES string of the molecule is COc1c(Cl)cc(/C(O)=C2\C(=O)C(=O)N(C3CCCC3)C2c2ccccn2)c(OC)c1Cl. The number of aromatic nitrogens is 1. The zero-order valence-electron chi connectivity index (χ0n) is 17.6. The maximum Gasteiger partial charge on any atom is 0.295 e. The molecule has 2 heterocycles. The van der Waals surface area contributed by atoms with E-state index in [2.05, 4.69) is 4.98 Å². The molecule has 9 heteroatoms. The first-order valence-corrected chi connectivity index (χ1v) is 11.0. The van der Waals surface area contributed by atoms with Crippen LogP contribution in [0.25, 0.3) is 5.76 Å². The minimum atomic E-state index is -0.830. The third-order valence-corrected chi connectivity index (χ3v) is 6.58. The third-order valence-electron chi connectivity index (χ3n) is 5.96. The Bertz CT molecular complexity index is 1100. The summed E-state index contributed by atoms with van der Waals surface area (Å²) in [5, 5.41) is 11.5. The van der Waals surface area contributed by atoms with Crippen molar-refractivity contribution >= 4 is 40.7 Å². The number of Topliss-reactive ketones (excluding diaryl/α,β-unsaturated/α-hetero) is 1. The molecule has 168 valence electrons. The number of amides is 1. The quantitative estimate of drug-likeness (QED) is 0.379. The molecule has 1 aliphatic heterocycles. The Balaban J connectivity index is 1.96. The number of likely N-dealkylation sites (tertiary alicyclic amines) is 1. The Labute approximate surface area is 195 Å². The molecule has 1 aromatic carbocycles. The van der Waals surface area contributed by atoms with Crippen molar-refractivity contribution < 1.29 is 24.2 Å². The van der Waals surface area contributed by atoms with E-state index < -0.39 is 23.5 Å². The molecule has 1 saturated carbocycles. The maximum atomic E-state index is 13.2. The highest BCUT2D eigenvalue weighted by molar-refractivity contribution is 6.47. The van der Waals surface area contributed by atoms with Crippen LogP contribution in [0.2, 0.25) is 10.0 Å². The Morgan fingerprint density at radius 1 is 1.12 bits per heavy atom. The van der Waals surface area contributed by atoms with Crippen molar-refractivity contribution in [2.45, 2.75) is 37.8 Å². The summed E-state index contributed by atoms with van der Waals surface area (Å²) in [6.45, 7) is 0. The van der Waals surface area contributed by atoms with Crippen molar-refractivity contribution in [1.29, 1.82) is 0 Å². The van der Waals surface area contributed by atoms with Gasteiger partial charge in [-0.15, -0.1) is 0 Å². The van der Waals surface area contributed by atoms with Crippen LogP contribution in [0.3, 0.4) is 0 Å². The van der Waals surface area contributed by atoms with E-state index in [1.54, 1.807) is 29.3 Å². The minimum absolute atomic E-state index is 0.0449. The van der Waals surface area contributed by atoms with E-state index in [1.807, 2.05) is 0 Å². The molecule has 0 spiro atoms. The van der Waals surface area contributed by atoms with Gasteiger partial charge in [0.25, 0.3) is 11.7 Å². The Hall–Kier alpha value is -2.77. The number of rotatable bonds is 5. The highest BCUT2D eigenvalue weighted by atomic mass is 35.5.